The highest BCUT2D eigenvalue weighted by molar-refractivity contribution is 5.99. The number of carbonyl (C=O) groups is 1. The van der Waals surface area contributed by atoms with Crippen molar-refractivity contribution in [3.05, 3.63) is 42.5 Å². The van der Waals surface area contributed by atoms with Crippen LogP contribution < -0.4 is 5.32 Å². The lowest BCUT2D eigenvalue weighted by Gasteiger charge is -2.08. The van der Waals surface area contributed by atoms with Crippen LogP contribution in [-0.2, 0) is 11.2 Å². The van der Waals surface area contributed by atoms with Crippen LogP contribution in [0.25, 0.3) is 0 Å². The summed E-state index contributed by atoms with van der Waals surface area (Å²) < 4.78 is 0. The van der Waals surface area contributed by atoms with Crippen molar-refractivity contribution < 1.29 is 4.79 Å². The van der Waals surface area contributed by atoms with E-state index in [1.807, 2.05) is 24.3 Å². The van der Waals surface area contributed by atoms with E-state index in [0.29, 0.717) is 0 Å². The molecule has 0 aliphatic rings. The lowest BCUT2D eigenvalue weighted by atomic mass is 10.1. The maximum atomic E-state index is 11.2. The van der Waals surface area contributed by atoms with Gasteiger partial charge in [-0.1, -0.05) is 38.1 Å². The summed E-state index contributed by atoms with van der Waals surface area (Å²) in [5.74, 6) is -0.154. The number of nitrogens with one attached hydrogen (secondary N) is 1. The second-order valence-corrected chi connectivity index (χ2v) is 3.45. The number of anilines is 1. The molecular formula is C13H17NO. The lowest BCUT2D eigenvalue weighted by Crippen LogP contribution is -2.09. The van der Waals surface area contributed by atoms with E-state index in [0.717, 1.165) is 24.9 Å². The van der Waals surface area contributed by atoms with Gasteiger partial charge in [0.05, 0.1) is 0 Å². The molecule has 80 valence electrons. The predicted octanol–water partition coefficient (Wildman–Crippen LogP) is 3.15. The second-order valence-electron chi connectivity index (χ2n) is 3.45. The Morgan fingerprint density at radius 3 is 2.87 bits per heavy atom. The maximum Gasteiger partial charge on any atom is 0.247 e. The fraction of sp³-hybridized carbons (Fsp3) is 0.308. The number of hydrogen-bond acceptors (Lipinski definition) is 1. The van der Waals surface area contributed by atoms with Gasteiger partial charge in [-0.05, 0) is 30.5 Å². The van der Waals surface area contributed by atoms with Gasteiger partial charge in [-0.15, -0.1) is 0 Å². The van der Waals surface area contributed by atoms with Crippen molar-refractivity contribution in [2.24, 2.45) is 0 Å². The summed E-state index contributed by atoms with van der Waals surface area (Å²) in [6.07, 6.45) is 4.59. The normalized spacial score (nSPS) is 9.67. The van der Waals surface area contributed by atoms with Crippen molar-refractivity contribution >= 4 is 11.6 Å². The minimum Gasteiger partial charge on any atom is -0.322 e. The molecule has 0 aromatic heterocycles. The Kier molecular flexibility index (Phi) is 4.61. The van der Waals surface area contributed by atoms with Crippen LogP contribution in [0, 0.1) is 0 Å². The van der Waals surface area contributed by atoms with Crippen LogP contribution in [0.1, 0.15) is 25.3 Å². The summed E-state index contributed by atoms with van der Waals surface area (Å²) in [6, 6.07) is 7.89. The minimum absolute atomic E-state index is 0.154. The summed E-state index contributed by atoms with van der Waals surface area (Å²) >= 11 is 0. The molecule has 0 heterocycles. The summed E-state index contributed by atoms with van der Waals surface area (Å²) in [4.78, 5) is 11.2. The van der Waals surface area contributed by atoms with Crippen LogP contribution in [-0.4, -0.2) is 5.91 Å². The first-order chi connectivity index (χ1) is 7.27. The second kappa shape index (κ2) is 6.02. The smallest absolute Gasteiger partial charge is 0.247 e. The molecule has 1 N–H and O–H groups in total. The van der Waals surface area contributed by atoms with Gasteiger partial charge in [-0.25, -0.2) is 0 Å². The van der Waals surface area contributed by atoms with E-state index in [1.165, 1.54) is 11.6 Å². The third-order valence-corrected chi connectivity index (χ3v) is 2.26. The van der Waals surface area contributed by atoms with Crippen LogP contribution in [0.4, 0.5) is 5.69 Å². The average Bonchev–Trinajstić information content (AvgIpc) is 2.28. The number of amides is 1. The van der Waals surface area contributed by atoms with E-state index in [1.54, 1.807) is 0 Å². The van der Waals surface area contributed by atoms with E-state index in [4.69, 9.17) is 0 Å². The lowest BCUT2D eigenvalue weighted by molar-refractivity contribution is -0.111. The van der Waals surface area contributed by atoms with Crippen LogP contribution in [0.15, 0.2) is 36.9 Å². The number of hydrogen-bond donors (Lipinski definition) is 1. The van der Waals surface area contributed by atoms with Crippen molar-refractivity contribution in [1.82, 2.24) is 0 Å². The minimum atomic E-state index is -0.154. The molecule has 2 nitrogen and oxygen atoms in total. The van der Waals surface area contributed by atoms with Crippen molar-refractivity contribution in [2.75, 3.05) is 5.32 Å². The van der Waals surface area contributed by atoms with Gasteiger partial charge in [0.2, 0.25) is 5.91 Å². The van der Waals surface area contributed by atoms with Crippen molar-refractivity contribution in [3.8, 4) is 0 Å². The summed E-state index contributed by atoms with van der Waals surface area (Å²) in [5.41, 5.74) is 2.09. The molecule has 1 aromatic carbocycles. The molecule has 0 aliphatic heterocycles. The Morgan fingerprint density at radius 2 is 2.20 bits per heavy atom. The molecule has 0 saturated heterocycles. The molecule has 1 aromatic rings. The molecule has 1 rings (SSSR count). The van der Waals surface area contributed by atoms with Crippen molar-refractivity contribution in [3.63, 3.8) is 0 Å². The predicted molar refractivity (Wildman–Crippen MR) is 63.9 cm³/mol. The molecule has 0 atom stereocenters. The van der Waals surface area contributed by atoms with Crippen molar-refractivity contribution in [2.45, 2.75) is 26.2 Å². The van der Waals surface area contributed by atoms with Gasteiger partial charge in [-0.3, -0.25) is 4.79 Å². The van der Waals surface area contributed by atoms with Gasteiger partial charge in [0.25, 0.3) is 0 Å². The van der Waals surface area contributed by atoms with Crippen LogP contribution in [0.2, 0.25) is 0 Å². The zero-order valence-corrected chi connectivity index (χ0v) is 9.12. The first-order valence-corrected chi connectivity index (χ1v) is 5.29. The number of rotatable bonds is 5. The topological polar surface area (TPSA) is 29.1 Å². The first kappa shape index (κ1) is 11.5. The van der Waals surface area contributed by atoms with Crippen LogP contribution in [0.3, 0.4) is 0 Å². The van der Waals surface area contributed by atoms with Gasteiger partial charge in [-0.2, -0.15) is 0 Å². The molecule has 0 unspecified atom stereocenters. The van der Waals surface area contributed by atoms with Gasteiger partial charge in [0.15, 0.2) is 0 Å². The quantitative estimate of drug-likeness (QED) is 0.732. The molecule has 15 heavy (non-hydrogen) atoms. The number of unbranched alkanes of at least 4 members (excludes halogenated alkanes) is 1. The van der Waals surface area contributed by atoms with Crippen LogP contribution in [0.5, 0.6) is 0 Å². The monoisotopic (exact) mass is 203 g/mol. The molecule has 0 fully saturated rings. The number of aryl methyl sites for hydroxylation is 1. The molecule has 1 amide bonds. The molecule has 2 heteroatoms. The molecule has 0 radical (unpaired) electrons. The highest BCUT2D eigenvalue weighted by Crippen LogP contribution is 2.17. The first-order valence-electron chi connectivity index (χ1n) is 5.29. The highest BCUT2D eigenvalue weighted by atomic mass is 16.1. The third-order valence-electron chi connectivity index (χ3n) is 2.26. The summed E-state index contributed by atoms with van der Waals surface area (Å²) in [5, 5.41) is 2.81. The van der Waals surface area contributed by atoms with E-state index in [-0.39, 0.29) is 5.91 Å². The van der Waals surface area contributed by atoms with E-state index in [2.05, 4.69) is 18.8 Å². The molecule has 0 spiro atoms. The Bertz CT molecular complexity index is 344. The van der Waals surface area contributed by atoms with Gasteiger partial charge >= 0.3 is 0 Å². The van der Waals surface area contributed by atoms with E-state index in [9.17, 15) is 4.79 Å². The van der Waals surface area contributed by atoms with Gasteiger partial charge in [0.1, 0.15) is 0 Å². The number of benzene rings is 1. The molecule has 0 aliphatic carbocycles. The Hall–Kier alpha value is -1.57. The fourth-order valence-corrected chi connectivity index (χ4v) is 1.41. The molecule has 0 saturated carbocycles. The molecular weight excluding hydrogens is 186 g/mol. The molecule has 0 bridgehead atoms. The summed E-state index contributed by atoms with van der Waals surface area (Å²) in [6.45, 7) is 5.59. The van der Waals surface area contributed by atoms with E-state index < -0.39 is 0 Å². The highest BCUT2D eigenvalue weighted by Gasteiger charge is 2.02. The Labute approximate surface area is 91.0 Å². The van der Waals surface area contributed by atoms with E-state index >= 15 is 0 Å². The zero-order chi connectivity index (χ0) is 11.1. The van der Waals surface area contributed by atoms with Crippen LogP contribution >= 0.6 is 0 Å². The third kappa shape index (κ3) is 3.58. The zero-order valence-electron chi connectivity index (χ0n) is 9.12. The average molecular weight is 203 g/mol. The standard InChI is InChI=1S/C13H17NO/c1-3-5-8-11-9-6-7-10-12(11)14-13(15)4-2/h4,6-7,9-10H,2-3,5,8H2,1H3,(H,14,15). The SMILES string of the molecule is C=CC(=O)Nc1ccccc1CCCC. The summed E-state index contributed by atoms with van der Waals surface area (Å²) in [7, 11) is 0. The number of carbonyl (C=O) groups excluding carboxylic acids is 1. The fourth-order valence-electron chi connectivity index (χ4n) is 1.41. The Morgan fingerprint density at radius 1 is 1.47 bits per heavy atom. The maximum absolute atomic E-state index is 11.2. The number of para-hydroxylation sites is 1. The van der Waals surface area contributed by atoms with Gasteiger partial charge < -0.3 is 5.32 Å². The Balaban J connectivity index is 2.76. The largest absolute Gasteiger partial charge is 0.322 e. The van der Waals surface area contributed by atoms with Crippen molar-refractivity contribution in [1.29, 1.82) is 0 Å². The van der Waals surface area contributed by atoms with Gasteiger partial charge in [0, 0.05) is 5.69 Å².